The lowest BCUT2D eigenvalue weighted by molar-refractivity contribution is -0.147. The van der Waals surface area contributed by atoms with E-state index in [2.05, 4.69) is 10.6 Å². The number of hydrogen-bond acceptors (Lipinski definition) is 4. The first kappa shape index (κ1) is 13.3. The van der Waals surface area contributed by atoms with Gasteiger partial charge < -0.3 is 20.3 Å². The van der Waals surface area contributed by atoms with Gasteiger partial charge in [0.25, 0.3) is 0 Å². The first-order valence-corrected chi connectivity index (χ1v) is 6.50. The summed E-state index contributed by atoms with van der Waals surface area (Å²) in [4.78, 5) is 25.2. The first-order valence-electron chi connectivity index (χ1n) is 6.50. The summed E-state index contributed by atoms with van der Waals surface area (Å²) < 4.78 is 5.40. The molecule has 0 bridgehead atoms. The van der Waals surface area contributed by atoms with Crippen LogP contribution in [-0.2, 0) is 14.3 Å². The zero-order chi connectivity index (χ0) is 13.0. The molecule has 0 aromatic carbocycles. The van der Waals surface area contributed by atoms with Gasteiger partial charge in [-0.2, -0.15) is 0 Å². The van der Waals surface area contributed by atoms with Crippen LogP contribution in [0, 0.1) is 0 Å². The van der Waals surface area contributed by atoms with Crippen molar-refractivity contribution in [2.45, 2.75) is 24.9 Å². The Balaban J connectivity index is 1.78. The summed E-state index contributed by atoms with van der Waals surface area (Å²) in [6, 6.07) is 0. The Bertz CT molecular complexity index is 317. The highest BCUT2D eigenvalue weighted by Crippen LogP contribution is 2.34. The topological polar surface area (TPSA) is 70.7 Å². The van der Waals surface area contributed by atoms with Crippen LogP contribution in [0.15, 0.2) is 0 Å². The van der Waals surface area contributed by atoms with Crippen molar-refractivity contribution in [2.24, 2.45) is 0 Å². The van der Waals surface area contributed by atoms with Crippen molar-refractivity contribution in [3.05, 3.63) is 0 Å². The lowest BCUT2D eigenvalue weighted by atomic mass is 9.80. The predicted molar refractivity (Wildman–Crippen MR) is 66.1 cm³/mol. The van der Waals surface area contributed by atoms with Gasteiger partial charge in [0.1, 0.15) is 0 Å². The third kappa shape index (κ3) is 2.81. The standard InChI is InChI=1S/C12H21N3O3/c1-18-12(3-2-4-12)9-14-10(16)11(17)15-7-5-13-6-8-15/h13H,2-9H2,1H3,(H,14,16). The van der Waals surface area contributed by atoms with Crippen molar-refractivity contribution in [1.29, 1.82) is 0 Å². The Labute approximate surface area is 107 Å². The minimum Gasteiger partial charge on any atom is -0.376 e. The van der Waals surface area contributed by atoms with Crippen LogP contribution in [0.25, 0.3) is 0 Å². The zero-order valence-electron chi connectivity index (χ0n) is 10.8. The molecule has 2 rings (SSSR count). The fourth-order valence-corrected chi connectivity index (χ4v) is 2.35. The Kier molecular flexibility index (Phi) is 4.19. The summed E-state index contributed by atoms with van der Waals surface area (Å²) in [7, 11) is 1.66. The van der Waals surface area contributed by atoms with E-state index in [0.717, 1.165) is 32.4 Å². The zero-order valence-corrected chi connectivity index (χ0v) is 10.8. The van der Waals surface area contributed by atoms with Crippen LogP contribution in [0.5, 0.6) is 0 Å². The maximum absolute atomic E-state index is 11.9. The minimum absolute atomic E-state index is 0.237. The molecule has 1 aliphatic heterocycles. The van der Waals surface area contributed by atoms with E-state index >= 15 is 0 Å². The van der Waals surface area contributed by atoms with Crippen LogP contribution in [0.3, 0.4) is 0 Å². The lowest BCUT2D eigenvalue weighted by Crippen LogP contribution is -2.55. The molecular formula is C12H21N3O3. The molecule has 1 aliphatic carbocycles. The Morgan fingerprint density at radius 3 is 2.50 bits per heavy atom. The number of carbonyl (C=O) groups is 2. The Morgan fingerprint density at radius 2 is 2.00 bits per heavy atom. The normalized spacial score (nSPS) is 22.2. The van der Waals surface area contributed by atoms with Gasteiger partial charge in [0.05, 0.1) is 5.60 Å². The summed E-state index contributed by atoms with van der Waals surface area (Å²) >= 11 is 0. The van der Waals surface area contributed by atoms with Crippen LogP contribution in [0.1, 0.15) is 19.3 Å². The third-order valence-electron chi connectivity index (χ3n) is 3.87. The van der Waals surface area contributed by atoms with E-state index in [4.69, 9.17) is 4.74 Å². The minimum atomic E-state index is -0.514. The number of piperazine rings is 1. The number of methoxy groups -OCH3 is 1. The van der Waals surface area contributed by atoms with Crippen LogP contribution in [-0.4, -0.2) is 62.1 Å². The molecule has 1 saturated heterocycles. The molecule has 2 N–H and O–H groups in total. The second-order valence-electron chi connectivity index (χ2n) is 4.97. The fourth-order valence-electron chi connectivity index (χ4n) is 2.35. The molecule has 0 atom stereocenters. The number of ether oxygens (including phenoxy) is 1. The number of carbonyl (C=O) groups excluding carboxylic acids is 2. The van der Waals surface area contributed by atoms with Gasteiger partial charge in [0, 0.05) is 39.8 Å². The highest BCUT2D eigenvalue weighted by atomic mass is 16.5. The van der Waals surface area contributed by atoms with Crippen molar-refractivity contribution < 1.29 is 14.3 Å². The number of hydrogen-bond donors (Lipinski definition) is 2. The van der Waals surface area contributed by atoms with Crippen molar-refractivity contribution >= 4 is 11.8 Å². The molecule has 0 aromatic heterocycles. The summed E-state index contributed by atoms with van der Waals surface area (Å²) in [5.41, 5.74) is -0.237. The van der Waals surface area contributed by atoms with Crippen molar-refractivity contribution in [3.63, 3.8) is 0 Å². The van der Waals surface area contributed by atoms with Gasteiger partial charge in [-0.25, -0.2) is 0 Å². The van der Waals surface area contributed by atoms with Crippen LogP contribution in [0.2, 0.25) is 0 Å². The largest absolute Gasteiger partial charge is 0.376 e. The van der Waals surface area contributed by atoms with E-state index < -0.39 is 11.8 Å². The quantitative estimate of drug-likeness (QED) is 0.641. The summed E-state index contributed by atoms with van der Waals surface area (Å²) in [5, 5.41) is 5.84. The Hall–Kier alpha value is -1.14. The molecule has 0 spiro atoms. The number of nitrogens with zero attached hydrogens (tertiary/aromatic N) is 1. The molecule has 1 saturated carbocycles. The average Bonchev–Trinajstić information content (AvgIpc) is 2.38. The van der Waals surface area contributed by atoms with E-state index in [-0.39, 0.29) is 5.60 Å². The van der Waals surface area contributed by atoms with Crippen LogP contribution < -0.4 is 10.6 Å². The molecule has 0 radical (unpaired) electrons. The molecule has 0 aromatic rings. The van der Waals surface area contributed by atoms with Crippen LogP contribution in [0.4, 0.5) is 0 Å². The highest BCUT2D eigenvalue weighted by molar-refractivity contribution is 6.35. The van der Waals surface area contributed by atoms with Crippen molar-refractivity contribution in [2.75, 3.05) is 39.8 Å². The molecule has 2 aliphatic rings. The van der Waals surface area contributed by atoms with E-state index in [0.29, 0.717) is 19.6 Å². The Morgan fingerprint density at radius 1 is 1.33 bits per heavy atom. The molecule has 1 heterocycles. The highest BCUT2D eigenvalue weighted by Gasteiger charge is 2.38. The fraction of sp³-hybridized carbons (Fsp3) is 0.833. The molecule has 2 amide bonds. The molecule has 6 heteroatoms. The maximum atomic E-state index is 11.9. The van der Waals surface area contributed by atoms with E-state index in [1.54, 1.807) is 12.0 Å². The molecular weight excluding hydrogens is 234 g/mol. The lowest BCUT2D eigenvalue weighted by Gasteiger charge is -2.40. The van der Waals surface area contributed by atoms with Crippen molar-refractivity contribution in [3.8, 4) is 0 Å². The number of amides is 2. The van der Waals surface area contributed by atoms with E-state index in [1.165, 1.54) is 0 Å². The second-order valence-corrected chi connectivity index (χ2v) is 4.97. The number of nitrogens with one attached hydrogen (secondary N) is 2. The van der Waals surface area contributed by atoms with Gasteiger partial charge >= 0.3 is 11.8 Å². The maximum Gasteiger partial charge on any atom is 0.311 e. The predicted octanol–water partition coefficient (Wildman–Crippen LogP) is -0.896. The van der Waals surface area contributed by atoms with Gasteiger partial charge in [0.15, 0.2) is 0 Å². The monoisotopic (exact) mass is 255 g/mol. The van der Waals surface area contributed by atoms with Gasteiger partial charge in [-0.05, 0) is 19.3 Å². The third-order valence-corrected chi connectivity index (χ3v) is 3.87. The average molecular weight is 255 g/mol. The van der Waals surface area contributed by atoms with E-state index in [9.17, 15) is 9.59 Å². The molecule has 6 nitrogen and oxygen atoms in total. The smallest absolute Gasteiger partial charge is 0.311 e. The summed E-state index contributed by atoms with van der Waals surface area (Å²) in [5.74, 6) is -0.942. The van der Waals surface area contributed by atoms with Crippen molar-refractivity contribution in [1.82, 2.24) is 15.5 Å². The van der Waals surface area contributed by atoms with Gasteiger partial charge in [-0.1, -0.05) is 0 Å². The second kappa shape index (κ2) is 5.67. The molecule has 2 fully saturated rings. The van der Waals surface area contributed by atoms with Gasteiger partial charge in [-0.3, -0.25) is 9.59 Å². The van der Waals surface area contributed by atoms with Gasteiger partial charge in [0.2, 0.25) is 0 Å². The molecule has 18 heavy (non-hydrogen) atoms. The molecule has 0 unspecified atom stereocenters. The first-order chi connectivity index (χ1) is 8.67. The molecule has 102 valence electrons. The van der Waals surface area contributed by atoms with E-state index in [1.807, 2.05) is 0 Å². The number of rotatable bonds is 3. The summed E-state index contributed by atoms with van der Waals surface area (Å²) in [6.07, 6.45) is 3.02. The van der Waals surface area contributed by atoms with Gasteiger partial charge in [-0.15, -0.1) is 0 Å². The van der Waals surface area contributed by atoms with Crippen LogP contribution >= 0.6 is 0 Å². The SMILES string of the molecule is COC1(CNC(=O)C(=O)N2CCNCC2)CCC1. The summed E-state index contributed by atoms with van der Waals surface area (Å²) in [6.45, 7) is 3.13.